The summed E-state index contributed by atoms with van der Waals surface area (Å²) in [5.74, 6) is -0.448. The number of aromatic nitrogens is 1. The molecule has 0 saturated carbocycles. The van der Waals surface area contributed by atoms with Gasteiger partial charge < -0.3 is 5.73 Å². The summed E-state index contributed by atoms with van der Waals surface area (Å²) in [4.78, 5) is 14.8. The molecule has 3 heteroatoms. The third kappa shape index (κ3) is 1.69. The average Bonchev–Trinajstić information content (AvgIpc) is 2.05. The maximum absolute atomic E-state index is 10.8. The third-order valence-corrected chi connectivity index (χ3v) is 1.43. The second-order valence-corrected chi connectivity index (χ2v) is 2.30. The van der Waals surface area contributed by atoms with Crippen LogP contribution < -0.4 is 5.73 Å². The summed E-state index contributed by atoms with van der Waals surface area (Å²) in [6.07, 6.45) is 5.19. The normalized spacial score (nSPS) is 10.4. The van der Waals surface area contributed by atoms with Gasteiger partial charge in [0.1, 0.15) is 0 Å². The van der Waals surface area contributed by atoms with Gasteiger partial charge in [0.25, 0.3) is 5.91 Å². The minimum absolute atomic E-state index is 0.448. The van der Waals surface area contributed by atoms with E-state index in [9.17, 15) is 4.79 Å². The second-order valence-electron chi connectivity index (χ2n) is 2.30. The van der Waals surface area contributed by atoms with E-state index in [1.54, 1.807) is 24.4 Å². The van der Waals surface area contributed by atoms with Crippen LogP contribution in [0.3, 0.4) is 0 Å². The SMILES string of the molecule is CC=Cc1ncccc1C(N)=O. The van der Waals surface area contributed by atoms with Gasteiger partial charge in [0.2, 0.25) is 0 Å². The summed E-state index contributed by atoms with van der Waals surface area (Å²) >= 11 is 0. The molecule has 0 aromatic carbocycles. The zero-order valence-electron chi connectivity index (χ0n) is 6.82. The number of nitrogens with two attached hydrogens (primary N) is 1. The van der Waals surface area contributed by atoms with Gasteiger partial charge in [0.15, 0.2) is 0 Å². The van der Waals surface area contributed by atoms with Crippen molar-refractivity contribution in [1.82, 2.24) is 4.98 Å². The maximum Gasteiger partial charge on any atom is 0.250 e. The fourth-order valence-corrected chi connectivity index (χ4v) is 0.917. The summed E-state index contributed by atoms with van der Waals surface area (Å²) in [5.41, 5.74) is 6.20. The van der Waals surface area contributed by atoms with Crippen LogP contribution in [0.2, 0.25) is 0 Å². The Hall–Kier alpha value is -1.64. The number of carbonyl (C=O) groups excluding carboxylic acids is 1. The van der Waals surface area contributed by atoms with Crippen molar-refractivity contribution >= 4 is 12.0 Å². The molecule has 0 fully saturated rings. The number of allylic oxidation sites excluding steroid dienone is 1. The molecule has 0 saturated heterocycles. The van der Waals surface area contributed by atoms with E-state index < -0.39 is 5.91 Å². The van der Waals surface area contributed by atoms with Crippen molar-refractivity contribution in [2.75, 3.05) is 0 Å². The van der Waals surface area contributed by atoms with E-state index in [-0.39, 0.29) is 0 Å². The van der Waals surface area contributed by atoms with Gasteiger partial charge in [-0.15, -0.1) is 0 Å². The topological polar surface area (TPSA) is 56.0 Å². The Balaban J connectivity index is 3.17. The smallest absolute Gasteiger partial charge is 0.250 e. The van der Waals surface area contributed by atoms with Crippen LogP contribution in [0.4, 0.5) is 0 Å². The molecule has 12 heavy (non-hydrogen) atoms. The summed E-state index contributed by atoms with van der Waals surface area (Å²) in [6.45, 7) is 1.86. The summed E-state index contributed by atoms with van der Waals surface area (Å²) in [6, 6.07) is 3.34. The molecule has 0 bridgehead atoms. The second kappa shape index (κ2) is 3.67. The standard InChI is InChI=1S/C9H10N2O/c1-2-4-8-7(9(10)12)5-3-6-11-8/h2-6H,1H3,(H2,10,12). The van der Waals surface area contributed by atoms with Crippen LogP contribution >= 0.6 is 0 Å². The Kier molecular flexibility index (Phi) is 2.58. The van der Waals surface area contributed by atoms with Gasteiger partial charge in [-0.1, -0.05) is 6.08 Å². The number of carbonyl (C=O) groups is 1. The van der Waals surface area contributed by atoms with Crippen molar-refractivity contribution in [2.45, 2.75) is 6.92 Å². The van der Waals surface area contributed by atoms with Crippen LogP contribution in [0, 0.1) is 0 Å². The minimum Gasteiger partial charge on any atom is -0.366 e. The Labute approximate surface area is 70.9 Å². The zero-order chi connectivity index (χ0) is 8.97. The first-order valence-electron chi connectivity index (χ1n) is 3.63. The van der Waals surface area contributed by atoms with E-state index in [0.717, 1.165) is 0 Å². The highest BCUT2D eigenvalue weighted by atomic mass is 16.1. The van der Waals surface area contributed by atoms with E-state index in [2.05, 4.69) is 4.98 Å². The largest absolute Gasteiger partial charge is 0.366 e. The predicted molar refractivity (Wildman–Crippen MR) is 47.5 cm³/mol. The lowest BCUT2D eigenvalue weighted by Crippen LogP contribution is -2.13. The number of hydrogen-bond donors (Lipinski definition) is 1. The number of amides is 1. The van der Waals surface area contributed by atoms with E-state index in [1.165, 1.54) is 0 Å². The fourth-order valence-electron chi connectivity index (χ4n) is 0.917. The summed E-state index contributed by atoms with van der Waals surface area (Å²) < 4.78 is 0. The highest BCUT2D eigenvalue weighted by Crippen LogP contribution is 2.05. The molecule has 0 aliphatic carbocycles. The van der Waals surface area contributed by atoms with Crippen molar-refractivity contribution in [3.63, 3.8) is 0 Å². The Morgan fingerprint density at radius 1 is 1.67 bits per heavy atom. The summed E-state index contributed by atoms with van der Waals surface area (Å²) in [7, 11) is 0. The number of pyridine rings is 1. The van der Waals surface area contributed by atoms with Crippen molar-refractivity contribution < 1.29 is 4.79 Å². The van der Waals surface area contributed by atoms with Gasteiger partial charge in [0, 0.05) is 6.20 Å². The molecule has 1 aromatic rings. The molecule has 0 unspecified atom stereocenters. The first-order valence-corrected chi connectivity index (χ1v) is 3.63. The molecule has 62 valence electrons. The Morgan fingerprint density at radius 2 is 2.42 bits per heavy atom. The van der Waals surface area contributed by atoms with Crippen LogP contribution in [0.5, 0.6) is 0 Å². The first-order chi connectivity index (χ1) is 5.75. The Morgan fingerprint density at radius 3 is 3.00 bits per heavy atom. The molecule has 3 nitrogen and oxygen atoms in total. The zero-order valence-corrected chi connectivity index (χ0v) is 6.82. The van der Waals surface area contributed by atoms with E-state index >= 15 is 0 Å². The lowest BCUT2D eigenvalue weighted by molar-refractivity contribution is 0.1000. The molecule has 2 N–H and O–H groups in total. The quantitative estimate of drug-likeness (QED) is 0.710. The number of hydrogen-bond acceptors (Lipinski definition) is 2. The van der Waals surface area contributed by atoms with Crippen molar-refractivity contribution in [3.05, 3.63) is 35.7 Å². The molecular weight excluding hydrogens is 152 g/mol. The molecule has 1 rings (SSSR count). The third-order valence-electron chi connectivity index (χ3n) is 1.43. The average molecular weight is 162 g/mol. The summed E-state index contributed by atoms with van der Waals surface area (Å²) in [5, 5.41) is 0. The monoisotopic (exact) mass is 162 g/mol. The van der Waals surface area contributed by atoms with Gasteiger partial charge in [-0.05, 0) is 25.1 Å². The Bertz CT molecular complexity index is 318. The van der Waals surface area contributed by atoms with Crippen LogP contribution in [-0.4, -0.2) is 10.9 Å². The highest BCUT2D eigenvalue weighted by Gasteiger charge is 2.04. The van der Waals surface area contributed by atoms with E-state index in [0.29, 0.717) is 11.3 Å². The van der Waals surface area contributed by atoms with Crippen LogP contribution in [0.15, 0.2) is 24.4 Å². The fraction of sp³-hybridized carbons (Fsp3) is 0.111. The molecule has 0 aliphatic heterocycles. The van der Waals surface area contributed by atoms with Crippen molar-refractivity contribution in [2.24, 2.45) is 5.73 Å². The molecule has 1 aromatic heterocycles. The van der Waals surface area contributed by atoms with Gasteiger partial charge in [-0.25, -0.2) is 0 Å². The number of rotatable bonds is 2. The number of nitrogens with zero attached hydrogens (tertiary/aromatic N) is 1. The predicted octanol–water partition coefficient (Wildman–Crippen LogP) is 1.21. The van der Waals surface area contributed by atoms with Gasteiger partial charge in [0.05, 0.1) is 11.3 Å². The van der Waals surface area contributed by atoms with Crippen molar-refractivity contribution in [3.8, 4) is 0 Å². The first kappa shape index (κ1) is 8.46. The molecule has 0 radical (unpaired) electrons. The van der Waals surface area contributed by atoms with Gasteiger partial charge in [-0.3, -0.25) is 9.78 Å². The van der Waals surface area contributed by atoms with Gasteiger partial charge >= 0.3 is 0 Å². The van der Waals surface area contributed by atoms with Crippen LogP contribution in [-0.2, 0) is 0 Å². The van der Waals surface area contributed by atoms with Crippen LogP contribution in [0.1, 0.15) is 23.0 Å². The molecule has 0 atom stereocenters. The molecule has 1 amide bonds. The molecule has 1 heterocycles. The number of primary amides is 1. The maximum atomic E-state index is 10.8. The van der Waals surface area contributed by atoms with E-state index in [4.69, 9.17) is 5.73 Å². The van der Waals surface area contributed by atoms with Gasteiger partial charge in [-0.2, -0.15) is 0 Å². The lowest BCUT2D eigenvalue weighted by atomic mass is 10.2. The highest BCUT2D eigenvalue weighted by molar-refractivity contribution is 5.95. The van der Waals surface area contributed by atoms with E-state index in [1.807, 2.05) is 13.0 Å². The molecule has 0 spiro atoms. The van der Waals surface area contributed by atoms with Crippen LogP contribution in [0.25, 0.3) is 6.08 Å². The molecule has 0 aliphatic rings. The minimum atomic E-state index is -0.448. The van der Waals surface area contributed by atoms with Crippen molar-refractivity contribution in [1.29, 1.82) is 0 Å². The lowest BCUT2D eigenvalue weighted by Gasteiger charge is -1.98. The molecular formula is C9H10N2O.